The van der Waals surface area contributed by atoms with E-state index in [2.05, 4.69) is 4.99 Å². The molecule has 0 bridgehead atoms. The summed E-state index contributed by atoms with van der Waals surface area (Å²) in [6.07, 6.45) is 1.27. The first-order valence-corrected chi connectivity index (χ1v) is 7.29. The molecule has 6 nitrogen and oxygen atoms in total. The van der Waals surface area contributed by atoms with Gasteiger partial charge in [-0.3, -0.25) is 4.79 Å². The maximum Gasteiger partial charge on any atom is 0.363 e. The Balaban J connectivity index is 2.10. The summed E-state index contributed by atoms with van der Waals surface area (Å²) in [5.74, 6) is -1.29. The van der Waals surface area contributed by atoms with E-state index in [1.807, 2.05) is 0 Å². The molecule has 1 atom stereocenters. The van der Waals surface area contributed by atoms with E-state index < -0.39 is 11.8 Å². The Morgan fingerprint density at radius 2 is 2.17 bits per heavy atom. The Kier molecular flexibility index (Phi) is 3.73. The fraction of sp³-hybridized carbons (Fsp3) is 0.312. The van der Waals surface area contributed by atoms with Gasteiger partial charge >= 0.3 is 5.97 Å². The largest absolute Gasteiger partial charge is 0.458 e. The highest BCUT2D eigenvalue weighted by Crippen LogP contribution is 2.22. The van der Waals surface area contributed by atoms with Gasteiger partial charge in [-0.2, -0.15) is 4.99 Å². The number of likely N-dealkylation sites (N-methyl/N-ethyl adjacent to an activating group) is 1. The molecule has 3 rings (SSSR count). The van der Waals surface area contributed by atoms with Crippen LogP contribution in [0.1, 0.15) is 24.2 Å². The van der Waals surface area contributed by atoms with Crippen LogP contribution in [0.4, 0.5) is 10.1 Å². The van der Waals surface area contributed by atoms with Crippen molar-refractivity contribution in [2.24, 2.45) is 4.99 Å². The number of nitrogens with zero attached hydrogens (tertiary/aromatic N) is 2. The molecule has 0 aromatic heterocycles. The molecule has 1 unspecified atom stereocenters. The monoisotopic (exact) mass is 318 g/mol. The van der Waals surface area contributed by atoms with E-state index in [4.69, 9.17) is 4.74 Å². The van der Waals surface area contributed by atoms with Gasteiger partial charge in [-0.1, -0.05) is 0 Å². The van der Waals surface area contributed by atoms with Crippen LogP contribution in [-0.4, -0.2) is 42.8 Å². The van der Waals surface area contributed by atoms with E-state index in [9.17, 15) is 14.0 Å². The summed E-state index contributed by atoms with van der Waals surface area (Å²) in [4.78, 5) is 30.9. The number of hydrogen-bond acceptors (Lipinski definition) is 4. The van der Waals surface area contributed by atoms with Gasteiger partial charge in [0.2, 0.25) is 5.70 Å². The Bertz CT molecular complexity index is 755. The SMILES string of the molecule is CC(C)OC(=O)C1=C2CN(C)C(=O)c3cc(F)ccc3[NH+]2C=N1. The van der Waals surface area contributed by atoms with Crippen LogP contribution in [0.2, 0.25) is 0 Å². The first kappa shape index (κ1) is 15.4. The second kappa shape index (κ2) is 5.58. The van der Waals surface area contributed by atoms with Gasteiger partial charge in [-0.15, -0.1) is 0 Å². The number of rotatable bonds is 2. The number of quaternary nitrogens is 1. The first-order valence-electron chi connectivity index (χ1n) is 7.29. The summed E-state index contributed by atoms with van der Waals surface area (Å²) >= 11 is 0. The second-order valence-corrected chi connectivity index (χ2v) is 5.80. The third-order valence-corrected chi connectivity index (χ3v) is 3.71. The van der Waals surface area contributed by atoms with E-state index in [-0.39, 0.29) is 29.8 Å². The van der Waals surface area contributed by atoms with Crippen LogP contribution in [0, 0.1) is 5.82 Å². The summed E-state index contributed by atoms with van der Waals surface area (Å²) in [5, 5.41) is 0. The quantitative estimate of drug-likeness (QED) is 0.814. The summed E-state index contributed by atoms with van der Waals surface area (Å²) in [5.41, 5.74) is 1.66. The van der Waals surface area contributed by atoms with Crippen molar-refractivity contribution in [2.45, 2.75) is 20.0 Å². The lowest BCUT2D eigenvalue weighted by atomic mass is 10.1. The third kappa shape index (κ3) is 2.63. The van der Waals surface area contributed by atoms with Gasteiger partial charge in [-0.25, -0.2) is 14.1 Å². The van der Waals surface area contributed by atoms with E-state index >= 15 is 0 Å². The molecule has 23 heavy (non-hydrogen) atoms. The average Bonchev–Trinajstić information content (AvgIpc) is 2.85. The standard InChI is InChI=1S/C16H16FN3O3/c1-9(2)23-16(22)14-13-7-19(3)15(21)11-6-10(17)4-5-12(11)20(13)8-18-14/h4-6,8-9H,7H2,1-3H3/p+1. The second-order valence-electron chi connectivity index (χ2n) is 5.80. The molecular formula is C16H17FN3O3+. The minimum Gasteiger partial charge on any atom is -0.458 e. The Morgan fingerprint density at radius 3 is 2.87 bits per heavy atom. The van der Waals surface area contributed by atoms with E-state index in [1.54, 1.807) is 27.0 Å². The Labute approximate surface area is 132 Å². The van der Waals surface area contributed by atoms with E-state index in [0.717, 1.165) is 0 Å². The molecule has 0 saturated heterocycles. The Hall–Kier alpha value is -2.54. The van der Waals surface area contributed by atoms with Crippen LogP contribution >= 0.6 is 0 Å². The molecule has 7 heteroatoms. The highest BCUT2D eigenvalue weighted by Gasteiger charge is 2.39. The number of esters is 1. The number of ether oxygens (including phenoxy) is 1. The van der Waals surface area contributed by atoms with Crippen LogP contribution in [0.15, 0.2) is 34.6 Å². The third-order valence-electron chi connectivity index (χ3n) is 3.71. The number of benzene rings is 1. The molecular weight excluding hydrogens is 301 g/mol. The lowest BCUT2D eigenvalue weighted by Gasteiger charge is -2.14. The number of amides is 1. The molecule has 1 amide bonds. The van der Waals surface area contributed by atoms with Crippen LogP contribution in [0.5, 0.6) is 0 Å². The van der Waals surface area contributed by atoms with Gasteiger partial charge in [0.1, 0.15) is 11.4 Å². The highest BCUT2D eigenvalue weighted by atomic mass is 19.1. The van der Waals surface area contributed by atoms with Crippen LogP contribution < -0.4 is 4.90 Å². The summed E-state index contributed by atoms with van der Waals surface area (Å²) in [6.45, 7) is 3.73. The van der Waals surface area contributed by atoms with Gasteiger partial charge in [0.05, 0.1) is 12.6 Å². The molecule has 2 aliphatic heterocycles. The molecule has 1 N–H and O–H groups in total. The summed E-state index contributed by atoms with van der Waals surface area (Å²) < 4.78 is 18.7. The van der Waals surface area contributed by atoms with Crippen LogP contribution in [0.3, 0.4) is 0 Å². The molecule has 0 spiro atoms. The van der Waals surface area contributed by atoms with Crippen molar-refractivity contribution in [1.82, 2.24) is 4.90 Å². The van der Waals surface area contributed by atoms with Gasteiger partial charge in [0, 0.05) is 13.1 Å². The molecule has 120 valence electrons. The number of hydrogen-bond donors (Lipinski definition) is 1. The normalized spacial score (nSPS) is 19.8. The zero-order chi connectivity index (χ0) is 16.7. The molecule has 0 radical (unpaired) electrons. The van der Waals surface area contributed by atoms with Crippen LogP contribution in [0.25, 0.3) is 0 Å². The topological polar surface area (TPSA) is 63.4 Å². The molecule has 2 heterocycles. The van der Waals surface area contributed by atoms with Crippen molar-refractivity contribution in [3.8, 4) is 0 Å². The average molecular weight is 318 g/mol. The number of fused-ring (bicyclic) bond motifs is 3. The van der Waals surface area contributed by atoms with Gasteiger partial charge in [0.25, 0.3) is 5.91 Å². The van der Waals surface area contributed by atoms with Crippen molar-refractivity contribution in [2.75, 3.05) is 13.6 Å². The fourth-order valence-corrected chi connectivity index (χ4v) is 2.69. The predicted molar refractivity (Wildman–Crippen MR) is 80.7 cm³/mol. The van der Waals surface area contributed by atoms with Gasteiger partial charge in [0.15, 0.2) is 17.7 Å². The molecule has 0 saturated carbocycles. The van der Waals surface area contributed by atoms with E-state index in [1.165, 1.54) is 23.4 Å². The van der Waals surface area contributed by atoms with Crippen molar-refractivity contribution in [1.29, 1.82) is 0 Å². The number of carbonyl (C=O) groups excluding carboxylic acids is 2. The van der Waals surface area contributed by atoms with Crippen molar-refractivity contribution in [3.63, 3.8) is 0 Å². The smallest absolute Gasteiger partial charge is 0.363 e. The van der Waals surface area contributed by atoms with Crippen LogP contribution in [-0.2, 0) is 9.53 Å². The lowest BCUT2D eigenvalue weighted by molar-refractivity contribution is -0.673. The van der Waals surface area contributed by atoms with Gasteiger partial charge in [-0.05, 0) is 26.0 Å². The minimum atomic E-state index is -0.521. The molecule has 0 aliphatic carbocycles. The van der Waals surface area contributed by atoms with Gasteiger partial charge < -0.3 is 9.64 Å². The zero-order valence-corrected chi connectivity index (χ0v) is 13.1. The molecule has 2 aliphatic rings. The number of aliphatic imine (C=N–C) groups is 1. The maximum atomic E-state index is 13.5. The maximum absolute atomic E-state index is 13.5. The Morgan fingerprint density at radius 1 is 1.43 bits per heavy atom. The summed E-state index contributed by atoms with van der Waals surface area (Å²) in [7, 11) is 1.61. The highest BCUT2D eigenvalue weighted by molar-refractivity contribution is 6.00. The summed E-state index contributed by atoms with van der Waals surface area (Å²) in [6, 6.07) is 4.04. The molecule has 1 aromatic rings. The number of carbonyl (C=O) groups is 2. The minimum absolute atomic E-state index is 0.200. The molecule has 1 aromatic carbocycles. The van der Waals surface area contributed by atoms with Crippen molar-refractivity contribution in [3.05, 3.63) is 41.0 Å². The van der Waals surface area contributed by atoms with Crippen molar-refractivity contribution < 1.29 is 23.6 Å². The lowest BCUT2D eigenvalue weighted by Crippen LogP contribution is -3.04. The zero-order valence-electron chi connectivity index (χ0n) is 13.1. The van der Waals surface area contributed by atoms with E-state index in [0.29, 0.717) is 16.3 Å². The number of nitrogens with one attached hydrogen (secondary N) is 1. The molecule has 0 fully saturated rings. The predicted octanol–water partition coefficient (Wildman–Crippen LogP) is 0.633. The first-order chi connectivity index (χ1) is 10.9. The fourth-order valence-electron chi connectivity index (χ4n) is 2.69. The van der Waals surface area contributed by atoms with Crippen molar-refractivity contribution >= 4 is 23.9 Å². The number of halogens is 1.